The number of nitrogens with zero attached hydrogens (tertiary/aromatic N) is 1. The van der Waals surface area contributed by atoms with Gasteiger partial charge in [-0.1, -0.05) is 84.4 Å². The van der Waals surface area contributed by atoms with E-state index in [1.807, 2.05) is 24.3 Å². The third kappa shape index (κ3) is 3.59. The van der Waals surface area contributed by atoms with Crippen LogP contribution in [0.1, 0.15) is 28.8 Å². The number of nitrogens with one attached hydrogen (secondary N) is 1. The lowest BCUT2D eigenvalue weighted by Gasteiger charge is -2.19. The number of rotatable bonds is 4. The van der Waals surface area contributed by atoms with Crippen molar-refractivity contribution < 1.29 is 0 Å². The van der Waals surface area contributed by atoms with Crippen molar-refractivity contribution in [2.75, 3.05) is 0 Å². The van der Waals surface area contributed by atoms with E-state index in [4.69, 9.17) is 16.6 Å². The highest BCUT2D eigenvalue weighted by molar-refractivity contribution is 6.30. The van der Waals surface area contributed by atoms with Crippen molar-refractivity contribution in [1.82, 2.24) is 5.32 Å². The molecular weight excluding hydrogens is 328 g/mol. The number of hydrogen-bond donors (Lipinski definition) is 1. The van der Waals surface area contributed by atoms with Crippen molar-refractivity contribution in [2.45, 2.75) is 18.5 Å². The molecule has 3 heteroatoms. The Balaban J connectivity index is 1.64. The van der Waals surface area contributed by atoms with Crippen LogP contribution < -0.4 is 5.32 Å². The molecule has 0 bridgehead atoms. The van der Waals surface area contributed by atoms with E-state index in [-0.39, 0.29) is 12.1 Å². The smallest absolute Gasteiger partial charge is 0.102 e. The number of amidine groups is 1. The first-order valence-electron chi connectivity index (χ1n) is 8.47. The lowest BCUT2D eigenvalue weighted by molar-refractivity contribution is 0.572. The van der Waals surface area contributed by atoms with Crippen molar-refractivity contribution in [1.29, 1.82) is 0 Å². The van der Waals surface area contributed by atoms with Crippen LogP contribution in [0, 0.1) is 0 Å². The summed E-state index contributed by atoms with van der Waals surface area (Å²) in [6.07, 6.45) is 0.782. The van der Waals surface area contributed by atoms with E-state index in [0.29, 0.717) is 0 Å². The zero-order chi connectivity index (χ0) is 17.1. The average molecular weight is 347 g/mol. The quantitative estimate of drug-likeness (QED) is 0.675. The molecular formula is C22H19ClN2. The van der Waals surface area contributed by atoms with Crippen molar-refractivity contribution in [3.63, 3.8) is 0 Å². The fourth-order valence-electron chi connectivity index (χ4n) is 3.27. The molecule has 25 heavy (non-hydrogen) atoms. The van der Waals surface area contributed by atoms with E-state index in [1.54, 1.807) is 0 Å². The van der Waals surface area contributed by atoms with Gasteiger partial charge in [-0.15, -0.1) is 0 Å². The number of aliphatic imine (C=N–C) groups is 1. The van der Waals surface area contributed by atoms with Gasteiger partial charge in [0.25, 0.3) is 0 Å². The number of benzene rings is 3. The zero-order valence-electron chi connectivity index (χ0n) is 13.8. The van der Waals surface area contributed by atoms with Gasteiger partial charge in [0.2, 0.25) is 0 Å². The predicted molar refractivity (Wildman–Crippen MR) is 104 cm³/mol. The molecule has 124 valence electrons. The molecule has 1 N–H and O–H groups in total. The Morgan fingerprint density at radius 1 is 0.760 bits per heavy atom. The van der Waals surface area contributed by atoms with Crippen LogP contribution in [0.25, 0.3) is 0 Å². The summed E-state index contributed by atoms with van der Waals surface area (Å²) in [6.45, 7) is 0. The number of halogens is 1. The Morgan fingerprint density at radius 2 is 1.36 bits per heavy atom. The molecule has 1 aliphatic heterocycles. The molecule has 2 atom stereocenters. The van der Waals surface area contributed by atoms with Crippen LogP contribution >= 0.6 is 11.6 Å². The first-order chi connectivity index (χ1) is 12.3. The highest BCUT2D eigenvalue weighted by Crippen LogP contribution is 2.36. The van der Waals surface area contributed by atoms with Gasteiger partial charge in [-0.25, -0.2) is 0 Å². The maximum Gasteiger partial charge on any atom is 0.102 e. The van der Waals surface area contributed by atoms with Gasteiger partial charge in [-0.3, -0.25) is 4.99 Å². The lowest BCUT2D eigenvalue weighted by Crippen LogP contribution is -2.25. The molecule has 4 rings (SSSR count). The predicted octanol–water partition coefficient (Wildman–Crippen LogP) is 5.37. The third-order valence-corrected chi connectivity index (χ3v) is 4.77. The molecule has 0 aromatic heterocycles. The Kier molecular flexibility index (Phi) is 4.53. The standard InChI is InChI=1S/C22H19ClN2/c23-19-13-11-16(12-14-19)15-20-24-21(17-7-3-1-4-8-17)22(25-20)18-9-5-2-6-10-18/h1-14,21-22H,15H2,(H,24,25). The molecule has 0 spiro atoms. The van der Waals surface area contributed by atoms with E-state index in [9.17, 15) is 0 Å². The topological polar surface area (TPSA) is 24.4 Å². The molecule has 2 unspecified atom stereocenters. The summed E-state index contributed by atoms with van der Waals surface area (Å²) in [5, 5.41) is 4.39. The van der Waals surface area contributed by atoms with Gasteiger partial charge in [0.15, 0.2) is 0 Å². The molecule has 0 saturated heterocycles. The summed E-state index contributed by atoms with van der Waals surface area (Å²) >= 11 is 5.99. The molecule has 0 saturated carbocycles. The van der Waals surface area contributed by atoms with Gasteiger partial charge in [-0.2, -0.15) is 0 Å². The minimum Gasteiger partial charge on any atom is -0.364 e. The van der Waals surface area contributed by atoms with E-state index >= 15 is 0 Å². The summed E-state index contributed by atoms with van der Waals surface area (Å²) in [5.41, 5.74) is 3.69. The Hall–Kier alpha value is -2.58. The molecule has 0 amide bonds. The first-order valence-corrected chi connectivity index (χ1v) is 8.85. The van der Waals surface area contributed by atoms with Crippen LogP contribution in [0.3, 0.4) is 0 Å². The Bertz CT molecular complexity index is 858. The monoisotopic (exact) mass is 346 g/mol. The fourth-order valence-corrected chi connectivity index (χ4v) is 3.40. The highest BCUT2D eigenvalue weighted by Gasteiger charge is 2.30. The van der Waals surface area contributed by atoms with Crippen LogP contribution in [0.2, 0.25) is 5.02 Å². The molecule has 2 nitrogen and oxygen atoms in total. The van der Waals surface area contributed by atoms with Gasteiger partial charge in [0.05, 0.1) is 6.04 Å². The van der Waals surface area contributed by atoms with E-state index < -0.39 is 0 Å². The van der Waals surface area contributed by atoms with Gasteiger partial charge in [-0.05, 0) is 28.8 Å². The Morgan fingerprint density at radius 3 is 2.00 bits per heavy atom. The van der Waals surface area contributed by atoms with Crippen LogP contribution in [0.4, 0.5) is 0 Å². The summed E-state index contributed by atoms with van der Waals surface area (Å²) in [6, 6.07) is 29.2. The summed E-state index contributed by atoms with van der Waals surface area (Å²) in [4.78, 5) is 5.01. The van der Waals surface area contributed by atoms with Crippen molar-refractivity contribution in [2.24, 2.45) is 4.99 Å². The van der Waals surface area contributed by atoms with Gasteiger partial charge < -0.3 is 5.32 Å². The van der Waals surface area contributed by atoms with Crippen LogP contribution in [0.5, 0.6) is 0 Å². The average Bonchev–Trinajstić information content (AvgIpc) is 3.09. The van der Waals surface area contributed by atoms with Crippen molar-refractivity contribution >= 4 is 17.4 Å². The number of hydrogen-bond acceptors (Lipinski definition) is 2. The summed E-state index contributed by atoms with van der Waals surface area (Å²) in [7, 11) is 0. The van der Waals surface area contributed by atoms with Gasteiger partial charge in [0.1, 0.15) is 11.9 Å². The largest absolute Gasteiger partial charge is 0.364 e. The molecule has 0 radical (unpaired) electrons. The second-order valence-electron chi connectivity index (χ2n) is 6.27. The molecule has 0 aliphatic carbocycles. The summed E-state index contributed by atoms with van der Waals surface area (Å²) in [5.74, 6) is 1.02. The van der Waals surface area contributed by atoms with Gasteiger partial charge in [0, 0.05) is 11.4 Å². The highest BCUT2D eigenvalue weighted by atomic mass is 35.5. The minimum absolute atomic E-state index is 0.0888. The molecule has 1 aliphatic rings. The molecule has 3 aromatic carbocycles. The third-order valence-electron chi connectivity index (χ3n) is 4.52. The first kappa shape index (κ1) is 15.9. The second kappa shape index (κ2) is 7.12. The van der Waals surface area contributed by atoms with Crippen LogP contribution in [-0.4, -0.2) is 5.84 Å². The summed E-state index contributed by atoms with van der Waals surface area (Å²) < 4.78 is 0. The fraction of sp³-hybridized carbons (Fsp3) is 0.136. The normalized spacial score (nSPS) is 19.3. The molecule has 1 heterocycles. The van der Waals surface area contributed by atoms with Gasteiger partial charge >= 0.3 is 0 Å². The van der Waals surface area contributed by atoms with E-state index in [0.717, 1.165) is 17.3 Å². The minimum atomic E-state index is 0.0888. The SMILES string of the molecule is Clc1ccc(CC2=NC(c3ccccc3)C(c3ccccc3)N2)cc1. The van der Waals surface area contributed by atoms with E-state index in [2.05, 4.69) is 66.0 Å². The molecule has 0 fully saturated rings. The second-order valence-corrected chi connectivity index (χ2v) is 6.70. The molecule has 3 aromatic rings. The lowest BCUT2D eigenvalue weighted by atomic mass is 9.95. The van der Waals surface area contributed by atoms with Crippen molar-refractivity contribution in [3.8, 4) is 0 Å². The van der Waals surface area contributed by atoms with Crippen LogP contribution in [-0.2, 0) is 6.42 Å². The van der Waals surface area contributed by atoms with E-state index in [1.165, 1.54) is 16.7 Å². The Labute approximate surface area is 153 Å². The maximum absolute atomic E-state index is 5.99. The van der Waals surface area contributed by atoms with Crippen molar-refractivity contribution in [3.05, 3.63) is 107 Å². The zero-order valence-corrected chi connectivity index (χ0v) is 14.5. The van der Waals surface area contributed by atoms with Crippen LogP contribution in [0.15, 0.2) is 89.9 Å². The maximum atomic E-state index is 5.99.